The third-order valence-corrected chi connectivity index (χ3v) is 2.81. The molecule has 0 bridgehead atoms. The topological polar surface area (TPSA) is 64.6 Å². The van der Waals surface area contributed by atoms with Crippen LogP contribution in [0.5, 0.6) is 5.75 Å². The zero-order chi connectivity index (χ0) is 10.6. The molecular formula is C8H11NO4S. The highest BCUT2D eigenvalue weighted by Gasteiger charge is 2.13. The van der Waals surface area contributed by atoms with Crippen molar-refractivity contribution in [1.29, 1.82) is 0 Å². The highest BCUT2D eigenvalue weighted by atomic mass is 32.2. The number of methoxy groups -OCH3 is 1. The van der Waals surface area contributed by atoms with E-state index < -0.39 is 10.0 Å². The van der Waals surface area contributed by atoms with Crippen LogP contribution in [-0.4, -0.2) is 22.6 Å². The van der Waals surface area contributed by atoms with Crippen molar-refractivity contribution in [2.24, 2.45) is 0 Å². The fourth-order valence-corrected chi connectivity index (χ4v) is 1.77. The van der Waals surface area contributed by atoms with Crippen molar-refractivity contribution in [1.82, 2.24) is 4.89 Å². The summed E-state index contributed by atoms with van der Waals surface area (Å²) in [4.78, 5) is 6.36. The first-order valence-corrected chi connectivity index (χ1v) is 5.27. The molecule has 0 aliphatic heterocycles. The molecule has 1 aromatic rings. The number of nitrogens with one attached hydrogen (secondary N) is 1. The Morgan fingerprint density at radius 1 is 1.29 bits per heavy atom. The van der Waals surface area contributed by atoms with Crippen LogP contribution in [0.4, 0.5) is 0 Å². The van der Waals surface area contributed by atoms with Crippen LogP contribution in [0.25, 0.3) is 0 Å². The number of benzene rings is 1. The summed E-state index contributed by atoms with van der Waals surface area (Å²) in [5.74, 6) is 0.476. The van der Waals surface area contributed by atoms with E-state index in [0.29, 0.717) is 5.75 Å². The molecule has 5 nitrogen and oxygen atoms in total. The molecule has 78 valence electrons. The van der Waals surface area contributed by atoms with Crippen molar-refractivity contribution >= 4 is 10.0 Å². The van der Waals surface area contributed by atoms with Crippen molar-refractivity contribution < 1.29 is 18.0 Å². The minimum Gasteiger partial charge on any atom is -0.497 e. The van der Waals surface area contributed by atoms with E-state index in [1.165, 1.54) is 26.4 Å². The van der Waals surface area contributed by atoms with Crippen LogP contribution in [0.15, 0.2) is 29.2 Å². The SMILES string of the molecule is CONS(=O)(=O)c1cccc(OC)c1. The molecule has 1 rings (SSSR count). The second-order valence-corrected chi connectivity index (χ2v) is 4.11. The zero-order valence-electron chi connectivity index (χ0n) is 7.85. The van der Waals surface area contributed by atoms with E-state index in [2.05, 4.69) is 4.84 Å². The van der Waals surface area contributed by atoms with E-state index >= 15 is 0 Å². The first kappa shape index (κ1) is 11.0. The van der Waals surface area contributed by atoms with Crippen molar-refractivity contribution in [3.05, 3.63) is 24.3 Å². The summed E-state index contributed by atoms with van der Waals surface area (Å²) in [5.41, 5.74) is 0. The summed E-state index contributed by atoms with van der Waals surface area (Å²) < 4.78 is 27.7. The predicted molar refractivity (Wildman–Crippen MR) is 50.3 cm³/mol. The highest BCUT2D eigenvalue weighted by molar-refractivity contribution is 7.89. The van der Waals surface area contributed by atoms with Crippen LogP contribution in [0, 0.1) is 0 Å². The summed E-state index contributed by atoms with van der Waals surface area (Å²) in [6.45, 7) is 0. The molecule has 0 spiro atoms. The lowest BCUT2D eigenvalue weighted by atomic mass is 10.3. The van der Waals surface area contributed by atoms with Crippen LogP contribution in [0.2, 0.25) is 0 Å². The van der Waals surface area contributed by atoms with Gasteiger partial charge in [-0.3, -0.25) is 4.84 Å². The normalized spacial score (nSPS) is 11.3. The second kappa shape index (κ2) is 4.41. The molecule has 0 unspecified atom stereocenters. The van der Waals surface area contributed by atoms with Crippen LogP contribution in [0.3, 0.4) is 0 Å². The maximum absolute atomic E-state index is 11.4. The van der Waals surface area contributed by atoms with Crippen LogP contribution < -0.4 is 9.62 Å². The van der Waals surface area contributed by atoms with Gasteiger partial charge in [-0.25, -0.2) is 8.42 Å². The van der Waals surface area contributed by atoms with Gasteiger partial charge in [-0.2, -0.15) is 0 Å². The van der Waals surface area contributed by atoms with Gasteiger partial charge in [0.1, 0.15) is 5.75 Å². The molecule has 0 saturated heterocycles. The lowest BCUT2D eigenvalue weighted by Gasteiger charge is -2.05. The van der Waals surface area contributed by atoms with Crippen LogP contribution >= 0.6 is 0 Å². The quantitative estimate of drug-likeness (QED) is 0.747. The van der Waals surface area contributed by atoms with E-state index in [9.17, 15) is 8.42 Å². The summed E-state index contributed by atoms with van der Waals surface area (Å²) in [5, 5.41) is 0. The molecule has 0 aliphatic carbocycles. The predicted octanol–water partition coefficient (Wildman–Crippen LogP) is 0.535. The van der Waals surface area contributed by atoms with E-state index in [1.54, 1.807) is 12.1 Å². The Bertz CT molecular complexity index is 402. The van der Waals surface area contributed by atoms with Gasteiger partial charge in [-0.1, -0.05) is 11.0 Å². The maximum Gasteiger partial charge on any atom is 0.262 e. The first-order valence-electron chi connectivity index (χ1n) is 3.79. The number of ether oxygens (including phenoxy) is 1. The number of hydrogen-bond acceptors (Lipinski definition) is 4. The number of rotatable bonds is 4. The van der Waals surface area contributed by atoms with Crippen LogP contribution in [-0.2, 0) is 14.9 Å². The van der Waals surface area contributed by atoms with Crippen molar-refractivity contribution in [3.8, 4) is 5.75 Å². The van der Waals surface area contributed by atoms with Gasteiger partial charge in [0.25, 0.3) is 10.0 Å². The molecule has 0 fully saturated rings. The highest BCUT2D eigenvalue weighted by Crippen LogP contribution is 2.16. The Morgan fingerprint density at radius 2 is 2.00 bits per heavy atom. The van der Waals surface area contributed by atoms with Gasteiger partial charge in [0.2, 0.25) is 0 Å². The maximum atomic E-state index is 11.4. The third kappa shape index (κ3) is 2.44. The zero-order valence-corrected chi connectivity index (χ0v) is 8.67. The van der Waals surface area contributed by atoms with E-state index in [0.717, 1.165) is 0 Å². The van der Waals surface area contributed by atoms with Gasteiger partial charge in [0.15, 0.2) is 0 Å². The standard InChI is InChI=1S/C8H11NO4S/c1-12-7-4-3-5-8(6-7)14(10,11)9-13-2/h3-6,9H,1-2H3. The largest absolute Gasteiger partial charge is 0.497 e. The summed E-state index contributed by atoms with van der Waals surface area (Å²) >= 11 is 0. The molecule has 14 heavy (non-hydrogen) atoms. The average Bonchev–Trinajstić information content (AvgIpc) is 2.18. The minimum absolute atomic E-state index is 0.0960. The van der Waals surface area contributed by atoms with Gasteiger partial charge < -0.3 is 4.74 Å². The Balaban J connectivity index is 3.07. The Kier molecular flexibility index (Phi) is 3.45. The van der Waals surface area contributed by atoms with Crippen molar-refractivity contribution in [3.63, 3.8) is 0 Å². The van der Waals surface area contributed by atoms with Gasteiger partial charge >= 0.3 is 0 Å². The van der Waals surface area contributed by atoms with Crippen molar-refractivity contribution in [2.45, 2.75) is 4.90 Å². The summed E-state index contributed by atoms with van der Waals surface area (Å²) in [6.07, 6.45) is 0. The minimum atomic E-state index is -3.60. The van der Waals surface area contributed by atoms with E-state index in [1.807, 2.05) is 4.89 Å². The lowest BCUT2D eigenvalue weighted by Crippen LogP contribution is -2.22. The van der Waals surface area contributed by atoms with Gasteiger partial charge in [0.05, 0.1) is 19.1 Å². The van der Waals surface area contributed by atoms with Crippen LogP contribution in [0.1, 0.15) is 0 Å². The smallest absolute Gasteiger partial charge is 0.262 e. The fourth-order valence-electron chi connectivity index (χ4n) is 0.926. The van der Waals surface area contributed by atoms with Gasteiger partial charge in [-0.15, -0.1) is 0 Å². The third-order valence-electron chi connectivity index (χ3n) is 1.54. The number of sulfonamides is 1. The summed E-state index contributed by atoms with van der Waals surface area (Å²) in [7, 11) is -0.894. The monoisotopic (exact) mass is 217 g/mol. The second-order valence-electron chi connectivity index (χ2n) is 2.47. The number of hydrogen-bond donors (Lipinski definition) is 1. The molecule has 0 aliphatic rings. The average molecular weight is 217 g/mol. The molecule has 0 amide bonds. The molecule has 0 radical (unpaired) electrons. The molecule has 0 aromatic heterocycles. The Labute approximate surface area is 82.7 Å². The van der Waals surface area contributed by atoms with Crippen molar-refractivity contribution in [2.75, 3.05) is 14.2 Å². The molecular weight excluding hydrogens is 206 g/mol. The molecule has 6 heteroatoms. The van der Waals surface area contributed by atoms with E-state index in [-0.39, 0.29) is 4.90 Å². The Morgan fingerprint density at radius 3 is 2.57 bits per heavy atom. The first-order chi connectivity index (χ1) is 6.60. The fraction of sp³-hybridized carbons (Fsp3) is 0.250. The molecule has 0 saturated carbocycles. The molecule has 1 aromatic carbocycles. The molecule has 0 atom stereocenters. The molecule has 1 N–H and O–H groups in total. The van der Waals surface area contributed by atoms with Gasteiger partial charge in [0, 0.05) is 6.07 Å². The van der Waals surface area contributed by atoms with Gasteiger partial charge in [-0.05, 0) is 12.1 Å². The lowest BCUT2D eigenvalue weighted by molar-refractivity contribution is 0.153. The summed E-state index contributed by atoms with van der Waals surface area (Å²) in [6, 6.07) is 6.10. The Hall–Kier alpha value is -1.11. The molecule has 0 heterocycles. The van der Waals surface area contributed by atoms with E-state index in [4.69, 9.17) is 4.74 Å².